The zero-order valence-electron chi connectivity index (χ0n) is 13.0. The molecule has 0 spiro atoms. The summed E-state index contributed by atoms with van der Waals surface area (Å²) in [6.45, 7) is 3.07. The van der Waals surface area contributed by atoms with Crippen molar-refractivity contribution in [3.05, 3.63) is 59.4 Å². The lowest BCUT2D eigenvalue weighted by Gasteiger charge is -2.18. The quantitative estimate of drug-likeness (QED) is 0.851. The van der Waals surface area contributed by atoms with Crippen molar-refractivity contribution in [3.63, 3.8) is 0 Å². The minimum absolute atomic E-state index is 0.103. The molecule has 0 radical (unpaired) electrons. The van der Waals surface area contributed by atoms with Gasteiger partial charge < -0.3 is 15.2 Å². The summed E-state index contributed by atoms with van der Waals surface area (Å²) in [6, 6.07) is 12.4. The number of halogens is 1. The topological polar surface area (TPSA) is 44.5 Å². The number of rotatable bonds is 7. The zero-order valence-corrected chi connectivity index (χ0v) is 13.0. The highest BCUT2D eigenvalue weighted by molar-refractivity contribution is 5.37. The Morgan fingerprint density at radius 1 is 1.14 bits per heavy atom. The van der Waals surface area contributed by atoms with Gasteiger partial charge in [-0.1, -0.05) is 12.1 Å². The van der Waals surface area contributed by atoms with Gasteiger partial charge in [0.2, 0.25) is 0 Å². The van der Waals surface area contributed by atoms with Crippen LogP contribution in [-0.2, 0) is 6.42 Å². The second kappa shape index (κ2) is 7.80. The van der Waals surface area contributed by atoms with Gasteiger partial charge in [0.25, 0.3) is 0 Å². The van der Waals surface area contributed by atoms with Gasteiger partial charge in [0.15, 0.2) is 0 Å². The second-order valence-corrected chi connectivity index (χ2v) is 5.09. The molecule has 22 heavy (non-hydrogen) atoms. The molecule has 0 heterocycles. The monoisotopic (exact) mass is 303 g/mol. The minimum atomic E-state index is -0.265. The molecule has 2 aromatic carbocycles. The van der Waals surface area contributed by atoms with Crippen LogP contribution >= 0.6 is 0 Å². The fourth-order valence-corrected chi connectivity index (χ4v) is 2.51. The van der Waals surface area contributed by atoms with E-state index in [1.54, 1.807) is 13.2 Å². The highest BCUT2D eigenvalue weighted by Crippen LogP contribution is 2.27. The third kappa shape index (κ3) is 3.98. The van der Waals surface area contributed by atoms with Crippen molar-refractivity contribution in [2.24, 2.45) is 5.73 Å². The van der Waals surface area contributed by atoms with E-state index in [2.05, 4.69) is 0 Å². The normalized spacial score (nSPS) is 12.0. The molecule has 0 aliphatic heterocycles. The van der Waals surface area contributed by atoms with E-state index < -0.39 is 0 Å². The van der Waals surface area contributed by atoms with Crippen LogP contribution in [0.4, 0.5) is 4.39 Å². The molecule has 2 N–H and O–H groups in total. The summed E-state index contributed by atoms with van der Waals surface area (Å²) in [5, 5.41) is 0. The molecular formula is C18H22FNO2. The summed E-state index contributed by atoms with van der Waals surface area (Å²) >= 11 is 0. The SMILES string of the molecule is CCOc1ccc(C(CN)Cc2cc(F)ccc2OC)cc1. The van der Waals surface area contributed by atoms with Crippen LogP contribution in [0.5, 0.6) is 11.5 Å². The van der Waals surface area contributed by atoms with Gasteiger partial charge in [-0.25, -0.2) is 4.39 Å². The molecule has 3 nitrogen and oxygen atoms in total. The predicted octanol–water partition coefficient (Wildman–Crippen LogP) is 3.52. The molecule has 0 aliphatic carbocycles. The number of ether oxygens (including phenoxy) is 2. The van der Waals surface area contributed by atoms with Crippen molar-refractivity contribution in [1.82, 2.24) is 0 Å². The van der Waals surface area contributed by atoms with Crippen molar-refractivity contribution in [3.8, 4) is 11.5 Å². The van der Waals surface area contributed by atoms with E-state index in [1.807, 2.05) is 31.2 Å². The van der Waals surface area contributed by atoms with Gasteiger partial charge in [0.1, 0.15) is 17.3 Å². The highest BCUT2D eigenvalue weighted by Gasteiger charge is 2.14. The molecule has 118 valence electrons. The molecular weight excluding hydrogens is 281 g/mol. The van der Waals surface area contributed by atoms with Crippen molar-refractivity contribution in [1.29, 1.82) is 0 Å². The Morgan fingerprint density at radius 3 is 2.45 bits per heavy atom. The minimum Gasteiger partial charge on any atom is -0.496 e. The van der Waals surface area contributed by atoms with Crippen LogP contribution in [0.15, 0.2) is 42.5 Å². The Kier molecular flexibility index (Phi) is 5.78. The van der Waals surface area contributed by atoms with Crippen molar-refractivity contribution in [2.75, 3.05) is 20.3 Å². The average Bonchev–Trinajstić information content (AvgIpc) is 2.54. The average molecular weight is 303 g/mol. The van der Waals surface area contributed by atoms with Crippen LogP contribution in [0.2, 0.25) is 0 Å². The molecule has 1 unspecified atom stereocenters. The Balaban J connectivity index is 2.20. The standard InChI is InChI=1S/C18H22FNO2/c1-3-22-17-7-4-13(5-8-17)15(12-20)10-14-11-16(19)6-9-18(14)21-2/h4-9,11,15H,3,10,12,20H2,1-2H3. The number of nitrogens with two attached hydrogens (primary N) is 1. The Bertz CT molecular complexity index is 599. The highest BCUT2D eigenvalue weighted by atomic mass is 19.1. The largest absolute Gasteiger partial charge is 0.496 e. The maximum atomic E-state index is 13.5. The second-order valence-electron chi connectivity index (χ2n) is 5.09. The third-order valence-electron chi connectivity index (χ3n) is 3.66. The van der Waals surface area contributed by atoms with E-state index >= 15 is 0 Å². The van der Waals surface area contributed by atoms with E-state index in [9.17, 15) is 4.39 Å². The third-order valence-corrected chi connectivity index (χ3v) is 3.66. The van der Waals surface area contributed by atoms with E-state index in [0.29, 0.717) is 25.3 Å². The molecule has 0 amide bonds. The van der Waals surface area contributed by atoms with Gasteiger partial charge in [-0.2, -0.15) is 0 Å². The van der Waals surface area contributed by atoms with Crippen LogP contribution in [-0.4, -0.2) is 20.3 Å². The summed E-state index contributed by atoms with van der Waals surface area (Å²) in [5.41, 5.74) is 7.85. The van der Waals surface area contributed by atoms with Crippen LogP contribution in [0.3, 0.4) is 0 Å². The number of benzene rings is 2. The molecule has 0 aromatic heterocycles. The fourth-order valence-electron chi connectivity index (χ4n) is 2.51. The molecule has 0 aliphatic rings. The van der Waals surface area contributed by atoms with E-state index in [0.717, 1.165) is 16.9 Å². The molecule has 2 aromatic rings. The first-order chi connectivity index (χ1) is 10.7. The maximum absolute atomic E-state index is 13.5. The van der Waals surface area contributed by atoms with Crippen LogP contribution in [0.25, 0.3) is 0 Å². The van der Waals surface area contributed by atoms with Gasteiger partial charge in [0.05, 0.1) is 13.7 Å². The van der Waals surface area contributed by atoms with E-state index in [4.69, 9.17) is 15.2 Å². The molecule has 0 saturated heterocycles. The first-order valence-electron chi connectivity index (χ1n) is 7.43. The molecule has 0 saturated carbocycles. The van der Waals surface area contributed by atoms with Crippen molar-refractivity contribution >= 4 is 0 Å². The Labute approximate surface area is 130 Å². The smallest absolute Gasteiger partial charge is 0.123 e. The van der Waals surface area contributed by atoms with Crippen molar-refractivity contribution < 1.29 is 13.9 Å². The maximum Gasteiger partial charge on any atom is 0.123 e. The van der Waals surface area contributed by atoms with Gasteiger partial charge in [-0.3, -0.25) is 0 Å². The molecule has 4 heteroatoms. The molecule has 2 rings (SSSR count). The number of methoxy groups -OCH3 is 1. The number of hydrogen-bond donors (Lipinski definition) is 1. The van der Waals surface area contributed by atoms with Crippen LogP contribution in [0.1, 0.15) is 24.0 Å². The van der Waals surface area contributed by atoms with Gasteiger partial charge in [-0.15, -0.1) is 0 Å². The zero-order chi connectivity index (χ0) is 15.9. The first kappa shape index (κ1) is 16.3. The Morgan fingerprint density at radius 2 is 1.86 bits per heavy atom. The summed E-state index contributed by atoms with van der Waals surface area (Å²) < 4.78 is 24.2. The molecule has 0 bridgehead atoms. The fraction of sp³-hybridized carbons (Fsp3) is 0.333. The molecule has 1 atom stereocenters. The lowest BCUT2D eigenvalue weighted by atomic mass is 9.91. The lowest BCUT2D eigenvalue weighted by molar-refractivity contribution is 0.340. The summed E-state index contributed by atoms with van der Waals surface area (Å²) in [5.74, 6) is 1.36. The van der Waals surface area contributed by atoms with Crippen molar-refractivity contribution in [2.45, 2.75) is 19.3 Å². The summed E-state index contributed by atoms with van der Waals surface area (Å²) in [6.07, 6.45) is 0.630. The van der Waals surface area contributed by atoms with Crippen LogP contribution < -0.4 is 15.2 Å². The number of hydrogen-bond acceptors (Lipinski definition) is 3. The van der Waals surface area contributed by atoms with Gasteiger partial charge in [-0.05, 0) is 61.3 Å². The molecule has 0 fully saturated rings. The summed E-state index contributed by atoms with van der Waals surface area (Å²) in [7, 11) is 1.59. The van der Waals surface area contributed by atoms with E-state index in [1.165, 1.54) is 12.1 Å². The predicted molar refractivity (Wildman–Crippen MR) is 86.1 cm³/mol. The Hall–Kier alpha value is -2.07. The van der Waals surface area contributed by atoms with E-state index in [-0.39, 0.29) is 11.7 Å². The first-order valence-corrected chi connectivity index (χ1v) is 7.43. The van der Waals surface area contributed by atoms with Gasteiger partial charge >= 0.3 is 0 Å². The van der Waals surface area contributed by atoms with Gasteiger partial charge in [0, 0.05) is 5.92 Å². The van der Waals surface area contributed by atoms with Crippen LogP contribution in [0, 0.1) is 5.82 Å². The summed E-state index contributed by atoms with van der Waals surface area (Å²) in [4.78, 5) is 0. The lowest BCUT2D eigenvalue weighted by Crippen LogP contribution is -2.15.